The van der Waals surface area contributed by atoms with Crippen LogP contribution in [0.25, 0.3) is 11.1 Å². The second kappa shape index (κ2) is 12.8. The molecule has 1 aliphatic rings. The Labute approximate surface area is 227 Å². The molecule has 0 radical (unpaired) electrons. The predicted octanol–water partition coefficient (Wildman–Crippen LogP) is 3.53. The molecule has 0 bridgehead atoms. The summed E-state index contributed by atoms with van der Waals surface area (Å²) in [5, 5.41) is 13.7. The highest BCUT2D eigenvalue weighted by Gasteiger charge is 2.29. The molecule has 0 saturated carbocycles. The molecule has 0 saturated heterocycles. The Morgan fingerprint density at radius 3 is 2.03 bits per heavy atom. The van der Waals surface area contributed by atoms with Crippen LogP contribution in [0.5, 0.6) is 0 Å². The first kappa shape index (κ1) is 28.4. The lowest BCUT2D eigenvalue weighted by Crippen LogP contribution is -2.46. The smallest absolute Gasteiger partial charge is 0.407 e. The van der Waals surface area contributed by atoms with Crippen LogP contribution < -0.4 is 10.6 Å². The lowest BCUT2D eigenvalue weighted by Gasteiger charge is -2.21. The number of alkyl halides is 3. The van der Waals surface area contributed by atoms with Gasteiger partial charge in [-0.3, -0.25) is 9.59 Å². The topological polar surface area (TPSA) is 134 Å². The predicted molar refractivity (Wildman–Crippen MR) is 137 cm³/mol. The highest BCUT2D eigenvalue weighted by molar-refractivity contribution is 6.67. The molecule has 0 aliphatic heterocycles. The van der Waals surface area contributed by atoms with Crippen molar-refractivity contribution in [1.29, 1.82) is 0 Å². The number of hydrogen-bond acceptors (Lipinski definition) is 6. The van der Waals surface area contributed by atoms with Crippen molar-refractivity contribution in [2.45, 2.75) is 9.71 Å². The van der Waals surface area contributed by atoms with Gasteiger partial charge in [0.05, 0.1) is 0 Å². The zero-order chi connectivity index (χ0) is 27.0. The maximum atomic E-state index is 12.4. The fraction of sp³-hybridized carbons (Fsp3) is 0.333. The Bertz CT molecular complexity index is 1110. The van der Waals surface area contributed by atoms with E-state index in [1.165, 1.54) is 0 Å². The van der Waals surface area contributed by atoms with E-state index in [0.29, 0.717) is 0 Å². The number of rotatable bonds is 10. The summed E-state index contributed by atoms with van der Waals surface area (Å²) in [7, 11) is 0. The van der Waals surface area contributed by atoms with Crippen molar-refractivity contribution in [3.63, 3.8) is 0 Å². The fourth-order valence-electron chi connectivity index (χ4n) is 3.86. The third kappa shape index (κ3) is 8.41. The average molecular weight is 573 g/mol. The maximum absolute atomic E-state index is 12.4. The molecule has 0 aromatic heterocycles. The number of fused-ring (bicyclic) bond motifs is 3. The first-order valence-corrected chi connectivity index (χ1v) is 12.2. The normalized spacial score (nSPS) is 12.2. The van der Waals surface area contributed by atoms with Crippen LogP contribution in [0.1, 0.15) is 17.0 Å². The van der Waals surface area contributed by atoms with Crippen molar-refractivity contribution in [2.75, 3.05) is 39.4 Å². The van der Waals surface area contributed by atoms with Crippen LogP contribution in [-0.2, 0) is 19.1 Å². The zero-order valence-corrected chi connectivity index (χ0v) is 21.7. The van der Waals surface area contributed by atoms with Gasteiger partial charge in [0.15, 0.2) is 0 Å². The van der Waals surface area contributed by atoms with Crippen LogP contribution in [0.15, 0.2) is 48.5 Å². The van der Waals surface area contributed by atoms with E-state index in [0.717, 1.165) is 27.2 Å². The number of benzene rings is 2. The van der Waals surface area contributed by atoms with Crippen molar-refractivity contribution in [3.05, 3.63) is 59.7 Å². The molecule has 37 heavy (non-hydrogen) atoms. The molecule has 198 valence electrons. The van der Waals surface area contributed by atoms with Gasteiger partial charge >= 0.3 is 18.2 Å². The lowest BCUT2D eigenvalue weighted by molar-refractivity contribution is -0.144. The van der Waals surface area contributed by atoms with Crippen molar-refractivity contribution in [3.8, 4) is 11.1 Å². The summed E-state index contributed by atoms with van der Waals surface area (Å²) in [5.74, 6) is -2.11. The number of carboxylic acid groups (broad SMARTS) is 1. The molecule has 0 fully saturated rings. The Morgan fingerprint density at radius 1 is 0.892 bits per heavy atom. The Morgan fingerprint density at radius 2 is 1.46 bits per heavy atom. The minimum atomic E-state index is -1.82. The zero-order valence-electron chi connectivity index (χ0n) is 19.4. The standard InChI is InChI=1S/C24H24Cl3N3O7/c25-24(26,27)14-37-23(35)29-11-20(31)30(12-21(32)33)10-9-28-22(34)36-13-19-17-7-3-1-5-15(17)16-6-2-4-8-18(16)19/h1-8,19H,9-14H2,(H,28,34)(H,29,35)(H,32,33). The molecule has 2 aromatic rings. The van der Waals surface area contributed by atoms with Gasteiger partial charge in [0.1, 0.15) is 26.3 Å². The monoisotopic (exact) mass is 571 g/mol. The second-order valence-electron chi connectivity index (χ2n) is 8.01. The van der Waals surface area contributed by atoms with E-state index in [4.69, 9.17) is 44.6 Å². The summed E-state index contributed by atoms with van der Waals surface area (Å²) in [6.45, 7) is -1.85. The number of hydrogen-bond donors (Lipinski definition) is 3. The van der Waals surface area contributed by atoms with Crippen LogP contribution in [-0.4, -0.2) is 77.3 Å². The summed E-state index contributed by atoms with van der Waals surface area (Å²) in [6.07, 6.45) is -1.73. The highest BCUT2D eigenvalue weighted by atomic mass is 35.6. The van der Waals surface area contributed by atoms with Gasteiger partial charge in [-0.15, -0.1) is 0 Å². The van der Waals surface area contributed by atoms with E-state index < -0.39 is 47.6 Å². The second-order valence-corrected chi connectivity index (χ2v) is 10.5. The molecule has 2 aromatic carbocycles. The minimum absolute atomic E-state index is 0.0760. The van der Waals surface area contributed by atoms with Crippen molar-refractivity contribution < 1.29 is 33.8 Å². The molecule has 13 heteroatoms. The first-order chi connectivity index (χ1) is 17.5. The van der Waals surface area contributed by atoms with Gasteiger partial charge in [-0.05, 0) is 22.3 Å². The number of alkyl carbamates (subject to hydrolysis) is 2. The summed E-state index contributed by atoms with van der Waals surface area (Å²) < 4.78 is 8.24. The summed E-state index contributed by atoms with van der Waals surface area (Å²) in [5.41, 5.74) is 4.32. The van der Waals surface area contributed by atoms with Crippen LogP contribution in [0.4, 0.5) is 9.59 Å². The SMILES string of the molecule is O=C(O)CN(CCNC(=O)OCC1c2ccccc2-c2ccccc21)C(=O)CNC(=O)OCC(Cl)(Cl)Cl. The van der Waals surface area contributed by atoms with Crippen LogP contribution in [0, 0.1) is 0 Å². The fourth-order valence-corrected chi connectivity index (χ4v) is 4.02. The molecule has 10 nitrogen and oxygen atoms in total. The highest BCUT2D eigenvalue weighted by Crippen LogP contribution is 2.44. The molecular weight excluding hydrogens is 549 g/mol. The molecule has 3 amide bonds. The number of halogens is 3. The van der Waals surface area contributed by atoms with Gasteiger partial charge in [-0.2, -0.15) is 0 Å². The third-order valence-electron chi connectivity index (χ3n) is 5.42. The number of carbonyl (C=O) groups excluding carboxylic acids is 3. The number of nitrogens with one attached hydrogen (secondary N) is 2. The number of carboxylic acids is 1. The number of ether oxygens (including phenoxy) is 2. The van der Waals surface area contributed by atoms with Crippen molar-refractivity contribution in [2.24, 2.45) is 0 Å². The molecule has 3 rings (SSSR count). The Hall–Kier alpha value is -3.21. The largest absolute Gasteiger partial charge is 0.480 e. The Kier molecular flexibility index (Phi) is 9.85. The lowest BCUT2D eigenvalue weighted by atomic mass is 9.98. The van der Waals surface area contributed by atoms with E-state index in [2.05, 4.69) is 15.4 Å². The van der Waals surface area contributed by atoms with E-state index >= 15 is 0 Å². The third-order valence-corrected chi connectivity index (χ3v) is 5.75. The van der Waals surface area contributed by atoms with Gasteiger partial charge < -0.3 is 30.1 Å². The minimum Gasteiger partial charge on any atom is -0.480 e. The van der Waals surface area contributed by atoms with Crippen LogP contribution in [0.2, 0.25) is 0 Å². The van der Waals surface area contributed by atoms with Gasteiger partial charge in [-0.1, -0.05) is 83.3 Å². The molecule has 0 unspecified atom stereocenters. The van der Waals surface area contributed by atoms with E-state index in [1.807, 2.05) is 48.5 Å². The molecule has 1 aliphatic carbocycles. The first-order valence-electron chi connectivity index (χ1n) is 11.1. The maximum Gasteiger partial charge on any atom is 0.407 e. The molecule has 3 N–H and O–H groups in total. The molecule has 0 atom stereocenters. The van der Waals surface area contributed by atoms with E-state index in [1.54, 1.807) is 0 Å². The van der Waals surface area contributed by atoms with E-state index in [9.17, 15) is 19.2 Å². The summed E-state index contributed by atoms with van der Waals surface area (Å²) in [6, 6.07) is 15.8. The average Bonchev–Trinajstić information content (AvgIpc) is 3.17. The molecular formula is C24H24Cl3N3O7. The van der Waals surface area contributed by atoms with Gasteiger partial charge in [0.2, 0.25) is 9.70 Å². The number of nitrogens with zero attached hydrogens (tertiary/aromatic N) is 1. The summed E-state index contributed by atoms with van der Waals surface area (Å²) in [4.78, 5) is 48.4. The van der Waals surface area contributed by atoms with Crippen molar-refractivity contribution >= 4 is 58.9 Å². The number of aliphatic carboxylic acids is 1. The number of amides is 3. The molecule has 0 spiro atoms. The molecule has 0 heterocycles. The van der Waals surface area contributed by atoms with Gasteiger partial charge in [-0.25, -0.2) is 9.59 Å². The van der Waals surface area contributed by atoms with E-state index in [-0.39, 0.29) is 25.6 Å². The van der Waals surface area contributed by atoms with Gasteiger partial charge in [0.25, 0.3) is 0 Å². The Balaban J connectivity index is 1.46. The van der Waals surface area contributed by atoms with Gasteiger partial charge in [0, 0.05) is 19.0 Å². The van der Waals surface area contributed by atoms with Crippen LogP contribution in [0.3, 0.4) is 0 Å². The number of carbonyl (C=O) groups is 4. The van der Waals surface area contributed by atoms with Crippen LogP contribution >= 0.6 is 34.8 Å². The summed E-state index contributed by atoms with van der Waals surface area (Å²) >= 11 is 16.4. The van der Waals surface area contributed by atoms with Crippen molar-refractivity contribution in [1.82, 2.24) is 15.5 Å². The quantitative estimate of drug-likeness (QED) is 0.371.